The first kappa shape index (κ1) is 21.5. The summed E-state index contributed by atoms with van der Waals surface area (Å²) in [7, 11) is 0. The van der Waals surface area contributed by atoms with Crippen LogP contribution in [0.3, 0.4) is 0 Å². The van der Waals surface area contributed by atoms with Gasteiger partial charge in [-0.15, -0.1) is 0 Å². The summed E-state index contributed by atoms with van der Waals surface area (Å²) in [6.07, 6.45) is 4.00. The maximum atomic E-state index is 12.7. The van der Waals surface area contributed by atoms with Gasteiger partial charge in [-0.25, -0.2) is 0 Å². The van der Waals surface area contributed by atoms with Gasteiger partial charge in [0.05, 0.1) is 5.60 Å². The molecule has 5 N–H and O–H groups in total. The number of nitrogens with two attached hydrogens (primary N) is 1. The molecule has 3 aliphatic carbocycles. The lowest BCUT2D eigenvalue weighted by Gasteiger charge is -2.55. The van der Waals surface area contributed by atoms with E-state index in [1.807, 2.05) is 13.0 Å². The van der Waals surface area contributed by atoms with E-state index in [0.717, 1.165) is 36.2 Å². The highest BCUT2D eigenvalue weighted by Gasteiger charge is 2.70. The number of aromatic amines is 1. The van der Waals surface area contributed by atoms with Crippen molar-refractivity contribution in [3.8, 4) is 5.75 Å². The number of carbonyl (C=O) groups excluding carboxylic acids is 1. The molecule has 1 aliphatic heterocycles. The minimum absolute atomic E-state index is 0.00203. The van der Waals surface area contributed by atoms with E-state index in [0.29, 0.717) is 30.4 Å². The predicted octanol–water partition coefficient (Wildman–Crippen LogP) is 1.74. The Morgan fingerprint density at radius 2 is 2.09 bits per heavy atom. The molecule has 2 aromatic rings. The van der Waals surface area contributed by atoms with Gasteiger partial charge in [-0.05, 0) is 72.9 Å². The van der Waals surface area contributed by atoms with Crippen LogP contribution in [0.1, 0.15) is 52.0 Å². The largest absolute Gasteiger partial charge is 0.508 e. The lowest BCUT2D eigenvalue weighted by Crippen LogP contribution is -2.68. The van der Waals surface area contributed by atoms with Gasteiger partial charge in [-0.3, -0.25) is 14.5 Å². The maximum absolute atomic E-state index is 12.7. The summed E-state index contributed by atoms with van der Waals surface area (Å²) in [5.41, 5.74) is 0.966. The number of aliphatic hydroxyl groups is 1. The normalized spacial score (nSPS) is 32.2. The number of amides is 1. The summed E-state index contributed by atoms with van der Waals surface area (Å²) in [5.74, 6) is 5.42. The van der Waals surface area contributed by atoms with E-state index in [4.69, 9.17) is 5.84 Å². The van der Waals surface area contributed by atoms with Crippen molar-refractivity contribution in [3.63, 3.8) is 0 Å². The summed E-state index contributed by atoms with van der Waals surface area (Å²) < 4.78 is 0. The molecule has 2 saturated carbocycles. The zero-order chi connectivity index (χ0) is 23.8. The second kappa shape index (κ2) is 7.23. The number of benzene rings is 1. The Balaban J connectivity index is 1.51. The molecule has 4 aliphatic rings. The number of phenolic OH excluding ortho intramolecular Hbond substituents is 1. The molecule has 1 aromatic carbocycles. The summed E-state index contributed by atoms with van der Waals surface area (Å²) in [6.45, 7) is 3.96. The quantitative estimate of drug-likeness (QED) is 0.309. The number of nitrogens with one attached hydrogen (secondary N) is 1. The first-order valence-corrected chi connectivity index (χ1v) is 11.9. The van der Waals surface area contributed by atoms with Crippen molar-refractivity contribution in [2.24, 2.45) is 28.0 Å². The smallest absolute Gasteiger partial charge is 0.302 e. The highest BCUT2D eigenvalue weighted by molar-refractivity contribution is 5.94. The molecule has 0 bridgehead atoms. The molecule has 34 heavy (non-hydrogen) atoms. The monoisotopic (exact) mass is 463 g/mol. The molecule has 9 heteroatoms. The Hall–Kier alpha value is -3.04. The fourth-order valence-electron chi connectivity index (χ4n) is 7.12. The van der Waals surface area contributed by atoms with Crippen molar-refractivity contribution >= 4 is 5.91 Å². The van der Waals surface area contributed by atoms with Crippen molar-refractivity contribution in [2.45, 2.75) is 56.1 Å². The van der Waals surface area contributed by atoms with Crippen LogP contribution < -0.4 is 11.4 Å². The van der Waals surface area contributed by atoms with Crippen molar-refractivity contribution in [3.05, 3.63) is 62.6 Å². The third kappa shape index (κ3) is 2.93. The number of aryl methyl sites for hydroxylation is 1. The molecule has 1 saturated heterocycles. The summed E-state index contributed by atoms with van der Waals surface area (Å²) in [6, 6.07) is 6.87. The maximum Gasteiger partial charge on any atom is 0.302 e. The molecular weight excluding hydrogens is 434 g/mol. The van der Waals surface area contributed by atoms with Gasteiger partial charge in [-0.1, -0.05) is 16.4 Å². The second-order valence-electron chi connectivity index (χ2n) is 10.7. The van der Waals surface area contributed by atoms with Crippen LogP contribution in [0, 0.1) is 18.8 Å². The number of hydrogen-bond acceptors (Lipinski definition) is 6. The third-order valence-corrected chi connectivity index (χ3v) is 8.70. The van der Waals surface area contributed by atoms with Crippen LogP contribution in [0.4, 0.5) is 0 Å². The van der Waals surface area contributed by atoms with Crippen molar-refractivity contribution in [1.29, 1.82) is 0 Å². The van der Waals surface area contributed by atoms with Crippen LogP contribution in [0.2, 0.25) is 0 Å². The number of aromatic hydroxyl groups is 1. The molecule has 2 heterocycles. The van der Waals surface area contributed by atoms with E-state index in [2.05, 4.69) is 20.2 Å². The Bertz CT molecular complexity index is 1280. The molecule has 9 nitrogen and oxygen atoms in total. The zero-order valence-corrected chi connectivity index (χ0v) is 19.1. The molecule has 4 atom stereocenters. The van der Waals surface area contributed by atoms with Crippen LogP contribution in [0.25, 0.3) is 0 Å². The van der Waals surface area contributed by atoms with E-state index in [1.165, 1.54) is 12.8 Å². The number of phenols is 1. The minimum atomic E-state index is -1.11. The third-order valence-electron chi connectivity index (χ3n) is 8.70. The molecule has 3 fully saturated rings. The SMILES string of the molecule is Cc1ccc(O)cc1[C@@]12Cc3[nH]c(=O)c(C(=O)N=NN)cc3C[C@@]1(O)[C@H]1C(CN1CC1CC1)C2. The standard InChI is InChI=1S/C25H29N5O4/c1-13-2-5-17(31)7-19(13)24-8-16-12-30(11-14-3-4-14)21(16)25(24,34)9-15-6-18(23(33)28-29-26)22(32)27-20(15)10-24/h2,5-7,14,16,21,31,34H,3-4,8-12H2,1H3,(H,27,32)(H2,26,28,33)/t16?,21-,24-,25-/m1/s1. The van der Waals surface area contributed by atoms with E-state index >= 15 is 0 Å². The number of nitrogens with zero attached hydrogens (tertiary/aromatic N) is 3. The van der Waals surface area contributed by atoms with Crippen LogP contribution in [-0.4, -0.2) is 50.7 Å². The highest BCUT2D eigenvalue weighted by Crippen LogP contribution is 2.62. The van der Waals surface area contributed by atoms with Crippen LogP contribution >= 0.6 is 0 Å². The first-order valence-electron chi connectivity index (χ1n) is 11.9. The van der Waals surface area contributed by atoms with E-state index in [9.17, 15) is 19.8 Å². The Morgan fingerprint density at radius 1 is 1.29 bits per heavy atom. The number of pyridine rings is 1. The van der Waals surface area contributed by atoms with Crippen LogP contribution in [0.5, 0.6) is 5.75 Å². The molecule has 1 unspecified atom stereocenters. The first-order chi connectivity index (χ1) is 16.3. The number of likely N-dealkylation sites (tertiary alicyclic amines) is 1. The Kier molecular flexibility index (Phi) is 4.57. The van der Waals surface area contributed by atoms with Gasteiger partial charge >= 0.3 is 5.91 Å². The van der Waals surface area contributed by atoms with Crippen LogP contribution in [-0.2, 0) is 18.3 Å². The Labute approximate surface area is 196 Å². The average molecular weight is 464 g/mol. The van der Waals surface area contributed by atoms with Gasteiger partial charge < -0.3 is 21.0 Å². The lowest BCUT2D eigenvalue weighted by atomic mass is 9.59. The molecule has 6 rings (SSSR count). The predicted molar refractivity (Wildman–Crippen MR) is 124 cm³/mol. The van der Waals surface area contributed by atoms with Crippen molar-refractivity contribution in [2.75, 3.05) is 13.1 Å². The number of carbonyl (C=O) groups is 1. The van der Waals surface area contributed by atoms with Gasteiger partial charge in [0.15, 0.2) is 0 Å². The fraction of sp³-hybridized carbons (Fsp3) is 0.520. The molecule has 1 amide bonds. The van der Waals surface area contributed by atoms with Gasteiger partial charge in [-0.2, -0.15) is 0 Å². The molecule has 0 radical (unpaired) electrons. The number of rotatable bonds is 4. The van der Waals surface area contributed by atoms with Gasteiger partial charge in [0.2, 0.25) is 0 Å². The van der Waals surface area contributed by atoms with E-state index < -0.39 is 22.5 Å². The highest BCUT2D eigenvalue weighted by atomic mass is 16.3. The minimum Gasteiger partial charge on any atom is -0.508 e. The second-order valence-corrected chi connectivity index (χ2v) is 10.7. The molecule has 1 aromatic heterocycles. The molecule has 178 valence electrons. The van der Waals surface area contributed by atoms with Gasteiger partial charge in [0.1, 0.15) is 11.3 Å². The van der Waals surface area contributed by atoms with Gasteiger partial charge in [0, 0.05) is 43.1 Å². The molecular formula is C25H29N5O4. The van der Waals surface area contributed by atoms with E-state index in [-0.39, 0.29) is 17.4 Å². The average Bonchev–Trinajstić information content (AvgIpc) is 3.56. The number of aromatic nitrogens is 1. The topological polar surface area (TPSA) is 144 Å². The summed E-state index contributed by atoms with van der Waals surface area (Å²) in [5, 5.41) is 29.3. The van der Waals surface area contributed by atoms with E-state index in [1.54, 1.807) is 18.2 Å². The Morgan fingerprint density at radius 3 is 2.82 bits per heavy atom. The number of H-pyrrole nitrogens is 1. The number of fused-ring (bicyclic) bond motifs is 4. The summed E-state index contributed by atoms with van der Waals surface area (Å²) >= 11 is 0. The van der Waals surface area contributed by atoms with Crippen LogP contribution in [0.15, 0.2) is 39.4 Å². The zero-order valence-electron chi connectivity index (χ0n) is 19.1. The fourth-order valence-corrected chi connectivity index (χ4v) is 7.12. The lowest BCUT2D eigenvalue weighted by molar-refractivity contribution is -0.118. The number of hydrogen-bond donors (Lipinski definition) is 4. The van der Waals surface area contributed by atoms with Crippen molar-refractivity contribution < 1.29 is 15.0 Å². The van der Waals surface area contributed by atoms with Gasteiger partial charge in [0.25, 0.3) is 5.56 Å². The summed E-state index contributed by atoms with van der Waals surface area (Å²) in [4.78, 5) is 30.3. The molecule has 0 spiro atoms. The van der Waals surface area contributed by atoms with Crippen molar-refractivity contribution in [1.82, 2.24) is 9.88 Å².